The number of rotatable bonds is 0. The summed E-state index contributed by atoms with van der Waals surface area (Å²) in [4.78, 5) is 0. The van der Waals surface area contributed by atoms with Crippen molar-refractivity contribution in [2.75, 3.05) is 6.79 Å². The van der Waals surface area contributed by atoms with Gasteiger partial charge < -0.3 is 14.2 Å². The van der Waals surface area contributed by atoms with Crippen LogP contribution >= 0.6 is 0 Å². The standard InChI is InChI=1S/C22H28O3/c1-20(2)7-5-8-21(3)18(20)6-9-22(4)19(21)11-14-10-16-17(24-13-23-16)12-15(14)25-22/h10-12,18H,5-9,13H2,1-4H3/t18-,21-,22+/m0/s1. The first-order valence-electron chi connectivity index (χ1n) is 9.67. The predicted octanol–water partition coefficient (Wildman–Crippen LogP) is 5.58. The average Bonchev–Trinajstić information content (AvgIpc) is 2.97. The minimum Gasteiger partial charge on any atom is -0.482 e. The van der Waals surface area contributed by atoms with E-state index in [0.717, 1.165) is 35.2 Å². The van der Waals surface area contributed by atoms with Gasteiger partial charge in [-0.3, -0.25) is 0 Å². The van der Waals surface area contributed by atoms with Gasteiger partial charge in [0.25, 0.3) is 0 Å². The molecule has 134 valence electrons. The van der Waals surface area contributed by atoms with E-state index in [9.17, 15) is 0 Å². The van der Waals surface area contributed by atoms with Gasteiger partial charge in [-0.2, -0.15) is 0 Å². The van der Waals surface area contributed by atoms with Gasteiger partial charge in [-0.15, -0.1) is 0 Å². The number of hydrogen-bond donors (Lipinski definition) is 0. The van der Waals surface area contributed by atoms with Crippen molar-refractivity contribution >= 4 is 6.08 Å². The molecule has 2 aliphatic heterocycles. The fourth-order valence-electron chi connectivity index (χ4n) is 6.27. The van der Waals surface area contributed by atoms with E-state index in [1.807, 2.05) is 6.07 Å². The minimum atomic E-state index is -0.195. The van der Waals surface area contributed by atoms with E-state index >= 15 is 0 Å². The van der Waals surface area contributed by atoms with Crippen molar-refractivity contribution in [1.29, 1.82) is 0 Å². The van der Waals surface area contributed by atoms with Crippen molar-refractivity contribution in [3.8, 4) is 17.2 Å². The molecule has 5 rings (SSSR count). The molecule has 0 N–H and O–H groups in total. The Balaban J connectivity index is 1.66. The lowest BCUT2D eigenvalue weighted by molar-refractivity contribution is -0.0516. The minimum absolute atomic E-state index is 0.195. The molecule has 0 bridgehead atoms. The van der Waals surface area contributed by atoms with E-state index in [0.29, 0.717) is 12.2 Å². The molecule has 0 amide bonds. The van der Waals surface area contributed by atoms with Crippen LogP contribution in [0.1, 0.15) is 65.4 Å². The van der Waals surface area contributed by atoms with Gasteiger partial charge in [0.15, 0.2) is 11.5 Å². The Morgan fingerprint density at radius 2 is 1.68 bits per heavy atom. The Morgan fingerprint density at radius 3 is 2.48 bits per heavy atom. The highest BCUT2D eigenvalue weighted by atomic mass is 16.7. The molecule has 2 aliphatic carbocycles. The number of hydrogen-bond acceptors (Lipinski definition) is 3. The van der Waals surface area contributed by atoms with Crippen LogP contribution in [0.25, 0.3) is 6.08 Å². The molecular formula is C22H28O3. The van der Waals surface area contributed by atoms with E-state index in [1.54, 1.807) is 0 Å². The molecule has 3 heteroatoms. The molecule has 1 aromatic rings. The highest BCUT2D eigenvalue weighted by molar-refractivity contribution is 5.70. The van der Waals surface area contributed by atoms with Crippen LogP contribution in [0.3, 0.4) is 0 Å². The predicted molar refractivity (Wildman–Crippen MR) is 98.0 cm³/mol. The largest absolute Gasteiger partial charge is 0.482 e. The normalized spacial score (nSPS) is 37.3. The fourth-order valence-corrected chi connectivity index (χ4v) is 6.27. The highest BCUT2D eigenvalue weighted by Gasteiger charge is 2.57. The van der Waals surface area contributed by atoms with Crippen LogP contribution in [0.2, 0.25) is 0 Å². The quantitative estimate of drug-likeness (QED) is 0.617. The zero-order chi connectivity index (χ0) is 17.4. The second-order valence-electron chi connectivity index (χ2n) is 9.49. The third kappa shape index (κ3) is 2.04. The maximum Gasteiger partial charge on any atom is 0.231 e. The van der Waals surface area contributed by atoms with Crippen molar-refractivity contribution in [3.63, 3.8) is 0 Å². The Bertz CT molecular complexity index is 778. The molecule has 25 heavy (non-hydrogen) atoms. The lowest BCUT2D eigenvalue weighted by Crippen LogP contribution is -2.55. The third-order valence-corrected chi connectivity index (χ3v) is 7.46. The summed E-state index contributed by atoms with van der Waals surface area (Å²) in [5, 5.41) is 0. The molecule has 0 unspecified atom stereocenters. The summed E-state index contributed by atoms with van der Waals surface area (Å²) in [6.07, 6.45) is 8.67. The van der Waals surface area contributed by atoms with Gasteiger partial charge in [0, 0.05) is 11.6 Å². The highest BCUT2D eigenvalue weighted by Crippen LogP contribution is 2.64. The van der Waals surface area contributed by atoms with E-state index in [2.05, 4.69) is 39.8 Å². The van der Waals surface area contributed by atoms with Gasteiger partial charge in [-0.25, -0.2) is 0 Å². The molecule has 2 heterocycles. The van der Waals surface area contributed by atoms with Crippen molar-refractivity contribution in [2.45, 2.75) is 65.4 Å². The third-order valence-electron chi connectivity index (χ3n) is 7.46. The molecule has 3 nitrogen and oxygen atoms in total. The molecule has 2 saturated carbocycles. The SMILES string of the molecule is CC1(C)CCC[C@]2(C)C3=Cc4cc5c(cc4O[C@]3(C)CC[C@@H]12)OCO5. The lowest BCUT2D eigenvalue weighted by Gasteiger charge is -2.60. The number of benzene rings is 1. The Hall–Kier alpha value is -1.64. The van der Waals surface area contributed by atoms with E-state index < -0.39 is 0 Å². The van der Waals surface area contributed by atoms with Crippen LogP contribution in [0.15, 0.2) is 17.7 Å². The Labute approximate surface area is 150 Å². The molecule has 3 atom stereocenters. The zero-order valence-electron chi connectivity index (χ0n) is 15.8. The molecule has 0 saturated heterocycles. The Morgan fingerprint density at radius 1 is 0.920 bits per heavy atom. The first kappa shape index (κ1) is 15.6. The van der Waals surface area contributed by atoms with Crippen molar-refractivity contribution < 1.29 is 14.2 Å². The van der Waals surface area contributed by atoms with Gasteiger partial charge in [0.1, 0.15) is 11.4 Å². The Kier molecular flexibility index (Phi) is 2.96. The van der Waals surface area contributed by atoms with Crippen molar-refractivity contribution in [3.05, 3.63) is 23.3 Å². The lowest BCUT2D eigenvalue weighted by atomic mass is 9.47. The maximum absolute atomic E-state index is 6.63. The van der Waals surface area contributed by atoms with Crippen LogP contribution in [-0.4, -0.2) is 12.4 Å². The van der Waals surface area contributed by atoms with Gasteiger partial charge in [-0.1, -0.05) is 27.2 Å². The summed E-state index contributed by atoms with van der Waals surface area (Å²) in [6, 6.07) is 4.10. The van der Waals surface area contributed by atoms with Gasteiger partial charge in [0.2, 0.25) is 6.79 Å². The number of ether oxygens (including phenoxy) is 3. The van der Waals surface area contributed by atoms with E-state index in [1.165, 1.54) is 31.3 Å². The summed E-state index contributed by atoms with van der Waals surface area (Å²) >= 11 is 0. The first-order valence-corrected chi connectivity index (χ1v) is 9.67. The monoisotopic (exact) mass is 340 g/mol. The molecule has 0 spiro atoms. The molecular weight excluding hydrogens is 312 g/mol. The molecule has 1 aromatic carbocycles. The molecule has 0 aromatic heterocycles. The fraction of sp³-hybridized carbons (Fsp3) is 0.636. The summed E-state index contributed by atoms with van der Waals surface area (Å²) in [7, 11) is 0. The molecule has 2 fully saturated rings. The average molecular weight is 340 g/mol. The van der Waals surface area contributed by atoms with E-state index in [-0.39, 0.29) is 11.0 Å². The van der Waals surface area contributed by atoms with Crippen LogP contribution in [0, 0.1) is 16.7 Å². The summed E-state index contributed by atoms with van der Waals surface area (Å²) in [5.41, 5.74) is 3.07. The maximum atomic E-state index is 6.63. The molecule has 0 radical (unpaired) electrons. The van der Waals surface area contributed by atoms with Crippen LogP contribution in [0.5, 0.6) is 17.2 Å². The van der Waals surface area contributed by atoms with Crippen molar-refractivity contribution in [2.24, 2.45) is 16.7 Å². The second kappa shape index (κ2) is 4.75. The molecule has 4 aliphatic rings. The topological polar surface area (TPSA) is 27.7 Å². The van der Waals surface area contributed by atoms with Gasteiger partial charge >= 0.3 is 0 Å². The van der Waals surface area contributed by atoms with Crippen LogP contribution in [0.4, 0.5) is 0 Å². The second-order valence-corrected chi connectivity index (χ2v) is 9.49. The van der Waals surface area contributed by atoms with Crippen LogP contribution < -0.4 is 14.2 Å². The summed E-state index contributed by atoms with van der Waals surface area (Å²) < 4.78 is 17.8. The van der Waals surface area contributed by atoms with E-state index in [4.69, 9.17) is 14.2 Å². The number of fused-ring (bicyclic) bond motifs is 5. The first-order chi connectivity index (χ1) is 11.8. The van der Waals surface area contributed by atoms with Gasteiger partial charge in [-0.05, 0) is 67.1 Å². The van der Waals surface area contributed by atoms with Crippen LogP contribution in [-0.2, 0) is 0 Å². The summed E-state index contributed by atoms with van der Waals surface area (Å²) in [5.74, 6) is 3.31. The zero-order valence-corrected chi connectivity index (χ0v) is 15.8. The van der Waals surface area contributed by atoms with Gasteiger partial charge in [0.05, 0.1) is 0 Å². The van der Waals surface area contributed by atoms with Crippen molar-refractivity contribution in [1.82, 2.24) is 0 Å². The smallest absolute Gasteiger partial charge is 0.231 e. The summed E-state index contributed by atoms with van der Waals surface area (Å²) in [6.45, 7) is 10.0.